The fourth-order valence-corrected chi connectivity index (χ4v) is 1.09. The van der Waals surface area contributed by atoms with Crippen LogP contribution in [0.2, 0.25) is 0 Å². The van der Waals surface area contributed by atoms with Crippen molar-refractivity contribution in [3.05, 3.63) is 11.6 Å². The number of rotatable bonds is 8. The number of nitrogens with one attached hydrogen (secondary N) is 1. The molecule has 0 unspecified atom stereocenters. The maximum atomic E-state index is 8.54. The molecular formula is C11H23NO. The van der Waals surface area contributed by atoms with Crippen LogP contribution in [0.25, 0.3) is 0 Å². The third-order valence-electron chi connectivity index (χ3n) is 1.92. The van der Waals surface area contributed by atoms with Gasteiger partial charge in [0.2, 0.25) is 0 Å². The van der Waals surface area contributed by atoms with Crippen LogP contribution >= 0.6 is 0 Å². The van der Waals surface area contributed by atoms with Crippen molar-refractivity contribution in [2.75, 3.05) is 19.7 Å². The Balaban J connectivity index is 2.96. The van der Waals surface area contributed by atoms with E-state index in [9.17, 15) is 0 Å². The van der Waals surface area contributed by atoms with Crippen molar-refractivity contribution in [2.24, 2.45) is 0 Å². The summed E-state index contributed by atoms with van der Waals surface area (Å²) in [6, 6.07) is 0. The lowest BCUT2D eigenvalue weighted by Gasteiger charge is -2.01. The number of hydrogen-bond donors (Lipinski definition) is 2. The summed E-state index contributed by atoms with van der Waals surface area (Å²) in [5.41, 5.74) is 1.37. The maximum Gasteiger partial charge on any atom is 0.0431 e. The van der Waals surface area contributed by atoms with E-state index in [0.29, 0.717) is 6.61 Å². The summed E-state index contributed by atoms with van der Waals surface area (Å²) in [5.74, 6) is 0. The van der Waals surface area contributed by atoms with Crippen LogP contribution in [-0.2, 0) is 0 Å². The minimum Gasteiger partial charge on any atom is -0.396 e. The number of aliphatic hydroxyl groups excluding tert-OH is 1. The second-order valence-corrected chi connectivity index (χ2v) is 3.62. The molecule has 0 bridgehead atoms. The second kappa shape index (κ2) is 9.75. The normalized spacial score (nSPS) is 10.1. The van der Waals surface area contributed by atoms with Gasteiger partial charge >= 0.3 is 0 Å². The van der Waals surface area contributed by atoms with E-state index in [1.54, 1.807) is 0 Å². The third-order valence-corrected chi connectivity index (χ3v) is 1.92. The van der Waals surface area contributed by atoms with Crippen molar-refractivity contribution in [1.29, 1.82) is 0 Å². The second-order valence-electron chi connectivity index (χ2n) is 3.62. The number of allylic oxidation sites excluding steroid dienone is 1. The fourth-order valence-electron chi connectivity index (χ4n) is 1.09. The van der Waals surface area contributed by atoms with E-state index in [0.717, 1.165) is 25.9 Å². The van der Waals surface area contributed by atoms with Crippen molar-refractivity contribution in [3.8, 4) is 0 Å². The largest absolute Gasteiger partial charge is 0.396 e. The Labute approximate surface area is 82.0 Å². The van der Waals surface area contributed by atoms with E-state index in [-0.39, 0.29) is 0 Å². The average Bonchev–Trinajstić information content (AvgIpc) is 2.09. The summed E-state index contributed by atoms with van der Waals surface area (Å²) in [5, 5.41) is 11.9. The van der Waals surface area contributed by atoms with E-state index < -0.39 is 0 Å². The molecule has 0 spiro atoms. The van der Waals surface area contributed by atoms with Gasteiger partial charge in [-0.15, -0.1) is 0 Å². The van der Waals surface area contributed by atoms with Gasteiger partial charge in [0.15, 0.2) is 0 Å². The fraction of sp³-hybridized carbons (Fsp3) is 0.818. The molecule has 0 aliphatic heterocycles. The molecule has 0 aromatic carbocycles. The maximum absolute atomic E-state index is 8.54. The molecule has 13 heavy (non-hydrogen) atoms. The van der Waals surface area contributed by atoms with Gasteiger partial charge in [0.05, 0.1) is 0 Å². The molecule has 0 aromatic rings. The molecule has 0 heterocycles. The first-order chi connectivity index (χ1) is 6.27. The minimum atomic E-state index is 0.338. The van der Waals surface area contributed by atoms with E-state index in [1.807, 2.05) is 0 Å². The van der Waals surface area contributed by atoms with Crippen LogP contribution in [0.1, 0.15) is 39.5 Å². The highest BCUT2D eigenvalue weighted by atomic mass is 16.2. The Kier molecular flexibility index (Phi) is 9.49. The molecule has 2 N–H and O–H groups in total. The van der Waals surface area contributed by atoms with Crippen molar-refractivity contribution in [1.82, 2.24) is 5.32 Å². The molecule has 0 saturated heterocycles. The predicted molar refractivity (Wildman–Crippen MR) is 57.9 cm³/mol. The van der Waals surface area contributed by atoms with Gasteiger partial charge in [-0.1, -0.05) is 24.5 Å². The summed E-state index contributed by atoms with van der Waals surface area (Å²) >= 11 is 0. The Morgan fingerprint density at radius 1 is 1.15 bits per heavy atom. The van der Waals surface area contributed by atoms with Crippen LogP contribution in [0.3, 0.4) is 0 Å². The SMILES string of the molecule is CC(C)=CCNCCCCCCO. The first-order valence-corrected chi connectivity index (χ1v) is 5.22. The Hall–Kier alpha value is -0.340. The summed E-state index contributed by atoms with van der Waals surface area (Å²) < 4.78 is 0. The Morgan fingerprint density at radius 3 is 2.46 bits per heavy atom. The molecule has 0 atom stereocenters. The summed E-state index contributed by atoms with van der Waals surface area (Å²) in [6.45, 7) is 6.65. The molecule has 0 aromatic heterocycles. The zero-order valence-electron chi connectivity index (χ0n) is 8.97. The quantitative estimate of drug-likeness (QED) is 0.448. The molecule has 2 heteroatoms. The molecular weight excluding hydrogens is 162 g/mol. The van der Waals surface area contributed by atoms with E-state index in [1.165, 1.54) is 18.4 Å². The van der Waals surface area contributed by atoms with Crippen LogP contribution in [0.5, 0.6) is 0 Å². The van der Waals surface area contributed by atoms with E-state index >= 15 is 0 Å². The smallest absolute Gasteiger partial charge is 0.0431 e. The summed E-state index contributed by atoms with van der Waals surface area (Å²) in [4.78, 5) is 0. The lowest BCUT2D eigenvalue weighted by atomic mass is 10.2. The molecule has 0 amide bonds. The molecule has 0 fully saturated rings. The van der Waals surface area contributed by atoms with Crippen molar-refractivity contribution < 1.29 is 5.11 Å². The zero-order valence-corrected chi connectivity index (χ0v) is 8.97. The van der Waals surface area contributed by atoms with Gasteiger partial charge in [0, 0.05) is 13.2 Å². The van der Waals surface area contributed by atoms with E-state index in [4.69, 9.17) is 5.11 Å². The molecule has 0 aliphatic carbocycles. The van der Waals surface area contributed by atoms with Crippen molar-refractivity contribution in [2.45, 2.75) is 39.5 Å². The van der Waals surface area contributed by atoms with Crippen LogP contribution in [-0.4, -0.2) is 24.8 Å². The monoisotopic (exact) mass is 185 g/mol. The lowest BCUT2D eigenvalue weighted by molar-refractivity contribution is 0.282. The average molecular weight is 185 g/mol. The van der Waals surface area contributed by atoms with Crippen molar-refractivity contribution >= 4 is 0 Å². The third kappa shape index (κ3) is 11.7. The molecule has 0 rings (SSSR count). The topological polar surface area (TPSA) is 32.3 Å². The van der Waals surface area contributed by atoms with Crippen molar-refractivity contribution in [3.63, 3.8) is 0 Å². The number of unbranched alkanes of at least 4 members (excludes halogenated alkanes) is 3. The van der Waals surface area contributed by atoms with Gasteiger partial charge in [-0.3, -0.25) is 0 Å². The standard InChI is InChI=1S/C11H23NO/c1-11(2)7-9-12-8-5-3-4-6-10-13/h7,12-13H,3-6,8-10H2,1-2H3. The lowest BCUT2D eigenvalue weighted by Crippen LogP contribution is -2.15. The first kappa shape index (κ1) is 12.7. The van der Waals surface area contributed by atoms with Crippen LogP contribution in [0.4, 0.5) is 0 Å². The molecule has 2 nitrogen and oxygen atoms in total. The minimum absolute atomic E-state index is 0.338. The number of hydrogen-bond acceptors (Lipinski definition) is 2. The molecule has 0 radical (unpaired) electrons. The zero-order chi connectivity index (χ0) is 9.94. The van der Waals surface area contributed by atoms with Crippen LogP contribution in [0.15, 0.2) is 11.6 Å². The number of aliphatic hydroxyl groups is 1. The molecule has 0 saturated carbocycles. The van der Waals surface area contributed by atoms with E-state index in [2.05, 4.69) is 25.2 Å². The summed E-state index contributed by atoms with van der Waals surface area (Å²) in [7, 11) is 0. The first-order valence-electron chi connectivity index (χ1n) is 5.22. The van der Waals surface area contributed by atoms with Gasteiger partial charge in [0.25, 0.3) is 0 Å². The summed E-state index contributed by atoms with van der Waals surface area (Å²) in [6.07, 6.45) is 6.75. The highest BCUT2D eigenvalue weighted by Crippen LogP contribution is 1.97. The highest BCUT2D eigenvalue weighted by Gasteiger charge is 1.88. The van der Waals surface area contributed by atoms with Gasteiger partial charge in [-0.2, -0.15) is 0 Å². The van der Waals surface area contributed by atoms with Gasteiger partial charge in [-0.05, 0) is 33.2 Å². The van der Waals surface area contributed by atoms with Crippen LogP contribution < -0.4 is 5.32 Å². The Bertz CT molecular complexity index is 128. The molecule has 78 valence electrons. The van der Waals surface area contributed by atoms with Crippen LogP contribution in [0, 0.1) is 0 Å². The highest BCUT2D eigenvalue weighted by molar-refractivity contribution is 4.94. The van der Waals surface area contributed by atoms with Gasteiger partial charge in [-0.25, -0.2) is 0 Å². The van der Waals surface area contributed by atoms with Gasteiger partial charge < -0.3 is 10.4 Å². The van der Waals surface area contributed by atoms with Gasteiger partial charge in [0.1, 0.15) is 0 Å². The Morgan fingerprint density at radius 2 is 1.85 bits per heavy atom. The molecule has 0 aliphatic rings. The predicted octanol–water partition coefficient (Wildman–Crippen LogP) is 2.09.